The largest absolute Gasteiger partial charge is 0.337 e. The molecule has 25 heavy (non-hydrogen) atoms. The molecule has 0 bridgehead atoms. The van der Waals surface area contributed by atoms with E-state index in [2.05, 4.69) is 13.8 Å². The second kappa shape index (κ2) is 7.64. The standard InChI is InChI=1S/C22H25NO2/c1-16-8-6-9-17(2)23(16)21(24)15-18-10-7-13-20(14-18)22(25)19-11-4-3-5-12-19/h3-5,7,10-14,16-17H,6,8-9,15H2,1-2H3. The van der Waals surface area contributed by atoms with Crippen LogP contribution >= 0.6 is 0 Å². The van der Waals surface area contributed by atoms with E-state index >= 15 is 0 Å². The molecular weight excluding hydrogens is 310 g/mol. The van der Waals surface area contributed by atoms with Crippen LogP contribution in [0.1, 0.15) is 54.6 Å². The molecule has 0 spiro atoms. The van der Waals surface area contributed by atoms with Gasteiger partial charge in [-0.1, -0.05) is 48.5 Å². The highest BCUT2D eigenvalue weighted by Crippen LogP contribution is 2.23. The molecule has 1 fully saturated rings. The lowest BCUT2D eigenvalue weighted by molar-refractivity contribution is -0.136. The number of carbonyl (C=O) groups excluding carboxylic acids is 2. The van der Waals surface area contributed by atoms with Crippen molar-refractivity contribution in [1.82, 2.24) is 4.90 Å². The van der Waals surface area contributed by atoms with Gasteiger partial charge in [0.15, 0.2) is 5.78 Å². The third-order valence-corrected chi connectivity index (χ3v) is 5.06. The topological polar surface area (TPSA) is 37.4 Å². The minimum atomic E-state index is -0.00499. The van der Waals surface area contributed by atoms with Gasteiger partial charge in [0.25, 0.3) is 0 Å². The van der Waals surface area contributed by atoms with Crippen molar-refractivity contribution in [2.24, 2.45) is 0 Å². The Hall–Kier alpha value is -2.42. The molecule has 1 aliphatic rings. The third kappa shape index (κ3) is 3.98. The Morgan fingerprint density at radius 2 is 1.56 bits per heavy atom. The van der Waals surface area contributed by atoms with Crippen LogP contribution in [0, 0.1) is 0 Å². The zero-order valence-corrected chi connectivity index (χ0v) is 14.9. The van der Waals surface area contributed by atoms with Gasteiger partial charge in [0, 0.05) is 23.2 Å². The van der Waals surface area contributed by atoms with Crippen LogP contribution in [-0.4, -0.2) is 28.7 Å². The minimum absolute atomic E-state index is 0.00499. The first kappa shape index (κ1) is 17.4. The zero-order chi connectivity index (χ0) is 17.8. The number of likely N-dealkylation sites (tertiary alicyclic amines) is 1. The van der Waals surface area contributed by atoms with Gasteiger partial charge < -0.3 is 4.90 Å². The number of hydrogen-bond donors (Lipinski definition) is 0. The first-order chi connectivity index (χ1) is 12.1. The Labute approximate surface area is 149 Å². The summed E-state index contributed by atoms with van der Waals surface area (Å²) in [4.78, 5) is 27.4. The summed E-state index contributed by atoms with van der Waals surface area (Å²) in [7, 11) is 0. The fourth-order valence-corrected chi connectivity index (χ4v) is 3.76. The summed E-state index contributed by atoms with van der Waals surface area (Å²) in [6.07, 6.45) is 3.68. The van der Waals surface area contributed by atoms with Gasteiger partial charge in [0.1, 0.15) is 0 Å². The molecule has 0 saturated carbocycles. The van der Waals surface area contributed by atoms with Crippen molar-refractivity contribution in [3.63, 3.8) is 0 Å². The summed E-state index contributed by atoms with van der Waals surface area (Å²) >= 11 is 0. The van der Waals surface area contributed by atoms with Crippen LogP contribution in [0.5, 0.6) is 0 Å². The second-order valence-corrected chi connectivity index (χ2v) is 7.00. The maximum atomic E-state index is 12.8. The fraction of sp³-hybridized carbons (Fsp3) is 0.364. The molecule has 2 unspecified atom stereocenters. The van der Waals surface area contributed by atoms with E-state index in [-0.39, 0.29) is 11.7 Å². The highest BCUT2D eigenvalue weighted by Gasteiger charge is 2.28. The maximum absolute atomic E-state index is 12.8. The minimum Gasteiger partial charge on any atom is -0.337 e. The van der Waals surface area contributed by atoms with Gasteiger partial charge in [0.05, 0.1) is 6.42 Å². The fourth-order valence-electron chi connectivity index (χ4n) is 3.76. The van der Waals surface area contributed by atoms with Crippen LogP contribution < -0.4 is 0 Å². The molecule has 3 rings (SSSR count). The number of ketones is 1. The van der Waals surface area contributed by atoms with Crippen LogP contribution in [0.25, 0.3) is 0 Å². The summed E-state index contributed by atoms with van der Waals surface area (Å²) in [5, 5.41) is 0. The molecule has 1 saturated heterocycles. The molecule has 2 aromatic rings. The Bertz CT molecular complexity index is 744. The first-order valence-electron chi connectivity index (χ1n) is 9.06. The van der Waals surface area contributed by atoms with E-state index in [1.807, 2.05) is 59.5 Å². The number of piperidine rings is 1. The lowest BCUT2D eigenvalue weighted by Gasteiger charge is -2.39. The van der Waals surface area contributed by atoms with Crippen molar-refractivity contribution in [3.05, 3.63) is 71.3 Å². The Morgan fingerprint density at radius 3 is 2.24 bits per heavy atom. The monoisotopic (exact) mass is 335 g/mol. The van der Waals surface area contributed by atoms with Crippen molar-refractivity contribution in [2.75, 3.05) is 0 Å². The van der Waals surface area contributed by atoms with E-state index in [4.69, 9.17) is 0 Å². The molecule has 0 aliphatic carbocycles. The molecule has 0 aromatic heterocycles. The van der Waals surface area contributed by atoms with E-state index in [0.717, 1.165) is 18.4 Å². The highest BCUT2D eigenvalue weighted by atomic mass is 16.2. The van der Waals surface area contributed by atoms with E-state index in [1.165, 1.54) is 6.42 Å². The molecule has 3 heteroatoms. The van der Waals surface area contributed by atoms with Crippen molar-refractivity contribution < 1.29 is 9.59 Å². The number of hydrogen-bond acceptors (Lipinski definition) is 2. The van der Waals surface area contributed by atoms with Gasteiger partial charge in [-0.05, 0) is 44.7 Å². The van der Waals surface area contributed by atoms with E-state index < -0.39 is 0 Å². The van der Waals surface area contributed by atoms with Gasteiger partial charge >= 0.3 is 0 Å². The normalized spacial score (nSPS) is 20.3. The average molecular weight is 335 g/mol. The Kier molecular flexibility index (Phi) is 5.32. The quantitative estimate of drug-likeness (QED) is 0.783. The van der Waals surface area contributed by atoms with E-state index in [0.29, 0.717) is 29.6 Å². The molecule has 0 radical (unpaired) electrons. The molecule has 0 N–H and O–H groups in total. The summed E-state index contributed by atoms with van der Waals surface area (Å²) in [6.45, 7) is 4.26. The lowest BCUT2D eigenvalue weighted by Crippen LogP contribution is -2.48. The summed E-state index contributed by atoms with van der Waals surface area (Å²) in [5.74, 6) is 0.151. The van der Waals surface area contributed by atoms with Gasteiger partial charge in [-0.15, -0.1) is 0 Å². The van der Waals surface area contributed by atoms with Crippen molar-refractivity contribution in [3.8, 4) is 0 Å². The molecule has 3 nitrogen and oxygen atoms in total. The average Bonchev–Trinajstić information content (AvgIpc) is 2.62. The number of carbonyl (C=O) groups is 2. The lowest BCUT2D eigenvalue weighted by atomic mass is 9.95. The van der Waals surface area contributed by atoms with Crippen LogP contribution in [-0.2, 0) is 11.2 Å². The highest BCUT2D eigenvalue weighted by molar-refractivity contribution is 6.09. The molecule has 1 aliphatic heterocycles. The molecule has 2 aromatic carbocycles. The molecule has 2 atom stereocenters. The summed E-state index contributed by atoms with van der Waals surface area (Å²) in [5.41, 5.74) is 2.21. The Morgan fingerprint density at radius 1 is 0.920 bits per heavy atom. The Balaban J connectivity index is 1.75. The SMILES string of the molecule is CC1CCCC(C)N1C(=O)Cc1cccc(C(=O)c2ccccc2)c1. The predicted octanol–water partition coefficient (Wildman–Crippen LogP) is 4.25. The third-order valence-electron chi connectivity index (χ3n) is 5.06. The van der Waals surface area contributed by atoms with Crippen LogP contribution in [0.4, 0.5) is 0 Å². The molecular formula is C22H25NO2. The van der Waals surface area contributed by atoms with Gasteiger partial charge in [-0.3, -0.25) is 9.59 Å². The van der Waals surface area contributed by atoms with Gasteiger partial charge in [-0.2, -0.15) is 0 Å². The van der Waals surface area contributed by atoms with Crippen molar-refractivity contribution in [1.29, 1.82) is 0 Å². The number of amides is 1. The summed E-state index contributed by atoms with van der Waals surface area (Å²) in [6, 6.07) is 17.3. The predicted molar refractivity (Wildman–Crippen MR) is 99.6 cm³/mol. The number of nitrogens with zero attached hydrogens (tertiary/aromatic N) is 1. The van der Waals surface area contributed by atoms with Crippen LogP contribution in [0.3, 0.4) is 0 Å². The smallest absolute Gasteiger partial charge is 0.227 e. The molecule has 130 valence electrons. The van der Waals surface area contributed by atoms with E-state index in [9.17, 15) is 9.59 Å². The maximum Gasteiger partial charge on any atom is 0.227 e. The molecule has 1 amide bonds. The molecule has 1 heterocycles. The van der Waals surface area contributed by atoms with Gasteiger partial charge in [0.2, 0.25) is 5.91 Å². The van der Waals surface area contributed by atoms with Crippen LogP contribution in [0.2, 0.25) is 0 Å². The van der Waals surface area contributed by atoms with Crippen molar-refractivity contribution >= 4 is 11.7 Å². The van der Waals surface area contributed by atoms with Crippen LogP contribution in [0.15, 0.2) is 54.6 Å². The number of benzene rings is 2. The second-order valence-electron chi connectivity index (χ2n) is 7.00. The zero-order valence-electron chi connectivity index (χ0n) is 14.9. The van der Waals surface area contributed by atoms with E-state index in [1.54, 1.807) is 0 Å². The first-order valence-corrected chi connectivity index (χ1v) is 9.06. The van der Waals surface area contributed by atoms with Gasteiger partial charge in [-0.25, -0.2) is 0 Å². The summed E-state index contributed by atoms with van der Waals surface area (Å²) < 4.78 is 0. The number of rotatable bonds is 4. The van der Waals surface area contributed by atoms with Crippen molar-refractivity contribution in [2.45, 2.75) is 51.6 Å².